The van der Waals surface area contributed by atoms with Crippen LogP contribution in [0.4, 0.5) is 13.2 Å². The highest BCUT2D eigenvalue weighted by Crippen LogP contribution is 2.21. The van der Waals surface area contributed by atoms with Gasteiger partial charge in [-0.15, -0.1) is 0 Å². The predicted molar refractivity (Wildman–Crippen MR) is 66.4 cm³/mol. The van der Waals surface area contributed by atoms with Gasteiger partial charge in [0.05, 0.1) is 0 Å². The maximum Gasteiger partial charge on any atom is 0.389 e. The number of nitrogens with two attached hydrogens (primary N) is 1. The predicted octanol–water partition coefficient (Wildman–Crippen LogP) is 1.68. The second kappa shape index (κ2) is 7.31. The molecule has 1 atom stereocenters. The average molecular weight is 267 g/mol. The van der Waals surface area contributed by atoms with Crippen molar-refractivity contribution >= 4 is 0 Å². The number of rotatable bonds is 6. The Balaban J connectivity index is 2.19. The molecule has 1 aliphatic rings. The van der Waals surface area contributed by atoms with Gasteiger partial charge in [0.25, 0.3) is 0 Å². The summed E-state index contributed by atoms with van der Waals surface area (Å²) in [5.74, 6) is 0. The number of alkyl halides is 3. The highest BCUT2D eigenvalue weighted by molar-refractivity contribution is 4.78. The molecule has 1 unspecified atom stereocenters. The zero-order chi connectivity index (χ0) is 13.6. The summed E-state index contributed by atoms with van der Waals surface area (Å²) in [5, 5.41) is 0. The summed E-state index contributed by atoms with van der Waals surface area (Å²) in [4.78, 5) is 4.46. The number of hydrogen-bond donors (Lipinski definition) is 1. The summed E-state index contributed by atoms with van der Waals surface area (Å²) in [6.07, 6.45) is -3.45. The fourth-order valence-electron chi connectivity index (χ4n) is 2.43. The Morgan fingerprint density at radius 2 is 1.78 bits per heavy atom. The van der Waals surface area contributed by atoms with Gasteiger partial charge in [0, 0.05) is 45.2 Å². The molecule has 2 N–H and O–H groups in total. The largest absolute Gasteiger partial charge is 0.389 e. The summed E-state index contributed by atoms with van der Waals surface area (Å²) >= 11 is 0. The molecule has 1 heterocycles. The van der Waals surface area contributed by atoms with Crippen molar-refractivity contribution in [3.63, 3.8) is 0 Å². The van der Waals surface area contributed by atoms with E-state index in [4.69, 9.17) is 5.73 Å². The van der Waals surface area contributed by atoms with Gasteiger partial charge in [-0.2, -0.15) is 13.2 Å². The lowest BCUT2D eigenvalue weighted by molar-refractivity contribution is -0.136. The van der Waals surface area contributed by atoms with E-state index in [-0.39, 0.29) is 6.42 Å². The van der Waals surface area contributed by atoms with Crippen LogP contribution in [0.15, 0.2) is 0 Å². The van der Waals surface area contributed by atoms with Crippen molar-refractivity contribution in [3.8, 4) is 0 Å². The first-order chi connectivity index (χ1) is 8.46. The van der Waals surface area contributed by atoms with Crippen molar-refractivity contribution in [1.29, 1.82) is 0 Å². The van der Waals surface area contributed by atoms with E-state index in [9.17, 15) is 13.2 Å². The highest BCUT2D eigenvalue weighted by atomic mass is 19.4. The fraction of sp³-hybridized carbons (Fsp3) is 1.00. The van der Waals surface area contributed by atoms with Gasteiger partial charge < -0.3 is 10.6 Å². The average Bonchev–Trinajstić information content (AvgIpc) is 2.31. The molecule has 1 saturated heterocycles. The Morgan fingerprint density at radius 3 is 2.22 bits per heavy atom. The second-order valence-corrected chi connectivity index (χ2v) is 4.89. The zero-order valence-electron chi connectivity index (χ0n) is 11.0. The summed E-state index contributed by atoms with van der Waals surface area (Å²) < 4.78 is 36.1. The molecule has 3 nitrogen and oxygen atoms in total. The van der Waals surface area contributed by atoms with E-state index in [1.807, 2.05) is 0 Å². The molecule has 6 heteroatoms. The van der Waals surface area contributed by atoms with Gasteiger partial charge in [-0.05, 0) is 19.4 Å². The van der Waals surface area contributed by atoms with Crippen molar-refractivity contribution < 1.29 is 13.2 Å². The zero-order valence-corrected chi connectivity index (χ0v) is 11.0. The minimum absolute atomic E-state index is 0.206. The van der Waals surface area contributed by atoms with Crippen molar-refractivity contribution in [2.75, 3.05) is 39.3 Å². The molecule has 0 spiro atoms. The first-order valence-electron chi connectivity index (χ1n) is 6.69. The summed E-state index contributed by atoms with van der Waals surface area (Å²) in [5.41, 5.74) is 5.70. The van der Waals surface area contributed by atoms with Crippen molar-refractivity contribution in [1.82, 2.24) is 9.80 Å². The van der Waals surface area contributed by atoms with E-state index in [0.717, 1.165) is 32.6 Å². The molecule has 0 aromatic carbocycles. The smallest absolute Gasteiger partial charge is 0.329 e. The molecule has 0 bridgehead atoms. The van der Waals surface area contributed by atoms with Crippen molar-refractivity contribution in [2.45, 2.75) is 38.4 Å². The summed E-state index contributed by atoms with van der Waals surface area (Å²) in [7, 11) is 0. The maximum atomic E-state index is 12.0. The third-order valence-corrected chi connectivity index (χ3v) is 3.60. The number of halogens is 3. The van der Waals surface area contributed by atoms with Crippen LogP contribution in [-0.2, 0) is 0 Å². The number of nitrogens with zero attached hydrogens (tertiary/aromatic N) is 2. The van der Waals surface area contributed by atoms with E-state index in [2.05, 4.69) is 16.7 Å². The number of piperazine rings is 1. The van der Waals surface area contributed by atoms with E-state index in [1.54, 1.807) is 0 Å². The van der Waals surface area contributed by atoms with Gasteiger partial charge in [-0.1, -0.05) is 6.92 Å². The van der Waals surface area contributed by atoms with E-state index < -0.39 is 12.6 Å². The lowest BCUT2D eigenvalue weighted by Gasteiger charge is -2.38. The van der Waals surface area contributed by atoms with Crippen molar-refractivity contribution in [3.05, 3.63) is 0 Å². The normalized spacial score (nSPS) is 21.2. The van der Waals surface area contributed by atoms with E-state index >= 15 is 0 Å². The lowest BCUT2D eigenvalue weighted by atomic mass is 10.1. The first kappa shape index (κ1) is 15.7. The van der Waals surface area contributed by atoms with Crippen LogP contribution in [0.25, 0.3) is 0 Å². The molecule has 0 aromatic heterocycles. The molecular formula is C12H24F3N3. The molecule has 0 aliphatic carbocycles. The van der Waals surface area contributed by atoms with Gasteiger partial charge in [-0.3, -0.25) is 4.90 Å². The monoisotopic (exact) mass is 267 g/mol. The van der Waals surface area contributed by atoms with Crippen molar-refractivity contribution in [2.24, 2.45) is 5.73 Å². The van der Waals surface area contributed by atoms with Crippen LogP contribution in [0.5, 0.6) is 0 Å². The molecule has 1 fully saturated rings. The van der Waals surface area contributed by atoms with Gasteiger partial charge in [0.15, 0.2) is 0 Å². The third kappa shape index (κ3) is 5.54. The maximum absolute atomic E-state index is 12.0. The minimum atomic E-state index is -4.02. The molecular weight excluding hydrogens is 243 g/mol. The van der Waals surface area contributed by atoms with E-state index in [0.29, 0.717) is 19.1 Å². The van der Waals surface area contributed by atoms with Crippen LogP contribution in [-0.4, -0.2) is 61.3 Å². The minimum Gasteiger partial charge on any atom is -0.329 e. The van der Waals surface area contributed by atoms with Gasteiger partial charge in [-0.25, -0.2) is 0 Å². The first-order valence-corrected chi connectivity index (χ1v) is 6.69. The molecule has 0 amide bonds. The van der Waals surface area contributed by atoms with Gasteiger partial charge in [0.1, 0.15) is 0 Å². The van der Waals surface area contributed by atoms with Gasteiger partial charge in [0.2, 0.25) is 0 Å². The summed E-state index contributed by atoms with van der Waals surface area (Å²) in [6, 6.07) is 0.419. The molecule has 108 valence electrons. The molecule has 0 aromatic rings. The van der Waals surface area contributed by atoms with Crippen LogP contribution < -0.4 is 5.73 Å². The van der Waals surface area contributed by atoms with Gasteiger partial charge >= 0.3 is 6.18 Å². The van der Waals surface area contributed by atoms with Crippen LogP contribution in [0, 0.1) is 0 Å². The topological polar surface area (TPSA) is 32.5 Å². The highest BCUT2D eigenvalue weighted by Gasteiger charge is 2.27. The Morgan fingerprint density at radius 1 is 1.17 bits per heavy atom. The van der Waals surface area contributed by atoms with Crippen LogP contribution in [0.2, 0.25) is 0 Å². The Bertz CT molecular complexity index is 221. The molecule has 18 heavy (non-hydrogen) atoms. The SMILES string of the molecule is CCC(CN)N1CCN(CCCC(F)(F)F)CC1. The Labute approximate surface area is 107 Å². The van der Waals surface area contributed by atoms with E-state index in [1.165, 1.54) is 0 Å². The van der Waals surface area contributed by atoms with Crippen LogP contribution in [0.1, 0.15) is 26.2 Å². The summed E-state index contributed by atoms with van der Waals surface area (Å²) in [6.45, 7) is 6.87. The standard InChI is InChI=1S/C12H24F3N3/c1-2-11(10-16)18-8-6-17(7-9-18)5-3-4-12(13,14)15/h11H,2-10,16H2,1H3. The number of hydrogen-bond acceptors (Lipinski definition) is 3. The van der Waals surface area contributed by atoms with Crippen LogP contribution >= 0.6 is 0 Å². The quantitative estimate of drug-likeness (QED) is 0.795. The molecule has 0 saturated carbocycles. The Hall–Kier alpha value is -0.330. The lowest BCUT2D eigenvalue weighted by Crippen LogP contribution is -2.52. The van der Waals surface area contributed by atoms with Crippen LogP contribution in [0.3, 0.4) is 0 Å². The fourth-order valence-corrected chi connectivity index (χ4v) is 2.43. The molecule has 1 aliphatic heterocycles. The molecule has 1 rings (SSSR count). The molecule has 0 radical (unpaired) electrons. The Kier molecular flexibility index (Phi) is 6.38. The second-order valence-electron chi connectivity index (χ2n) is 4.89. The third-order valence-electron chi connectivity index (χ3n) is 3.60.